The molecule has 0 aliphatic rings. The third kappa shape index (κ3) is 4.12. The van der Waals surface area contributed by atoms with Gasteiger partial charge in [0.2, 0.25) is 0 Å². The van der Waals surface area contributed by atoms with E-state index in [1.54, 1.807) is 0 Å². The summed E-state index contributed by atoms with van der Waals surface area (Å²) < 4.78 is 7.62. The number of aromatic nitrogens is 2. The quantitative estimate of drug-likeness (QED) is 0.562. The molecule has 0 saturated carbocycles. The van der Waals surface area contributed by atoms with Crippen molar-refractivity contribution in [1.82, 2.24) is 9.78 Å². The molecule has 0 aliphatic heterocycles. The number of ether oxygens (including phenoxy) is 1. The number of hydrogen-bond donors (Lipinski definition) is 0. The van der Waals surface area contributed by atoms with Gasteiger partial charge < -0.3 is 4.74 Å². The van der Waals surface area contributed by atoms with E-state index >= 15 is 0 Å². The standard InChI is InChI=1S/C23H26N2O/c1-4-26-16-15-23(21-13-9-6-10-14-21)25-19(3)22(18(2)24-25)17-20-11-7-5-8-12-20/h5-15H,4,16-17H2,1-3H3/b23-15+. The lowest BCUT2D eigenvalue weighted by Gasteiger charge is -2.11. The normalized spacial score (nSPS) is 11.7. The monoisotopic (exact) mass is 346 g/mol. The molecule has 0 atom stereocenters. The van der Waals surface area contributed by atoms with Gasteiger partial charge in [-0.1, -0.05) is 60.7 Å². The van der Waals surface area contributed by atoms with Crippen LogP contribution in [0.3, 0.4) is 0 Å². The van der Waals surface area contributed by atoms with E-state index in [4.69, 9.17) is 9.84 Å². The summed E-state index contributed by atoms with van der Waals surface area (Å²) in [5.41, 5.74) is 7.05. The van der Waals surface area contributed by atoms with Gasteiger partial charge >= 0.3 is 0 Å². The second-order valence-corrected chi connectivity index (χ2v) is 6.34. The van der Waals surface area contributed by atoms with Crippen LogP contribution in [0, 0.1) is 13.8 Å². The summed E-state index contributed by atoms with van der Waals surface area (Å²) in [6.07, 6.45) is 3.01. The molecular formula is C23H26N2O. The molecule has 0 unspecified atom stereocenters. The number of hydrogen-bond acceptors (Lipinski definition) is 2. The highest BCUT2D eigenvalue weighted by Gasteiger charge is 2.15. The van der Waals surface area contributed by atoms with Crippen LogP contribution in [-0.4, -0.2) is 23.0 Å². The third-order valence-corrected chi connectivity index (χ3v) is 4.56. The van der Waals surface area contributed by atoms with E-state index in [1.807, 2.05) is 13.0 Å². The van der Waals surface area contributed by atoms with Crippen molar-refractivity contribution in [3.8, 4) is 0 Å². The van der Waals surface area contributed by atoms with Crippen LogP contribution in [0.5, 0.6) is 0 Å². The van der Waals surface area contributed by atoms with E-state index in [0.29, 0.717) is 13.2 Å². The molecule has 0 amide bonds. The average molecular weight is 346 g/mol. The topological polar surface area (TPSA) is 27.1 Å². The van der Waals surface area contributed by atoms with E-state index in [9.17, 15) is 0 Å². The van der Waals surface area contributed by atoms with Crippen LogP contribution in [0.15, 0.2) is 66.7 Å². The van der Waals surface area contributed by atoms with Crippen molar-refractivity contribution in [1.29, 1.82) is 0 Å². The first-order valence-electron chi connectivity index (χ1n) is 9.13. The maximum atomic E-state index is 5.56. The fourth-order valence-electron chi connectivity index (χ4n) is 3.16. The molecule has 0 aliphatic carbocycles. The van der Waals surface area contributed by atoms with E-state index in [0.717, 1.165) is 23.4 Å². The summed E-state index contributed by atoms with van der Waals surface area (Å²) in [6, 6.07) is 20.9. The van der Waals surface area contributed by atoms with Gasteiger partial charge in [0.25, 0.3) is 0 Å². The molecule has 3 rings (SSSR count). The minimum absolute atomic E-state index is 0.576. The zero-order valence-corrected chi connectivity index (χ0v) is 15.8. The van der Waals surface area contributed by atoms with Gasteiger partial charge in [-0.05, 0) is 38.0 Å². The molecule has 3 aromatic rings. The van der Waals surface area contributed by atoms with Gasteiger partial charge in [-0.2, -0.15) is 5.10 Å². The Morgan fingerprint density at radius 1 is 1.00 bits per heavy atom. The van der Waals surface area contributed by atoms with Crippen LogP contribution in [0.1, 0.15) is 35.0 Å². The lowest BCUT2D eigenvalue weighted by atomic mass is 10.0. The average Bonchev–Trinajstić information content (AvgIpc) is 2.95. The first-order chi connectivity index (χ1) is 12.7. The van der Waals surface area contributed by atoms with Crippen molar-refractivity contribution >= 4 is 5.70 Å². The van der Waals surface area contributed by atoms with Gasteiger partial charge in [-0.15, -0.1) is 0 Å². The van der Waals surface area contributed by atoms with Gasteiger partial charge in [0.05, 0.1) is 18.0 Å². The first-order valence-corrected chi connectivity index (χ1v) is 9.13. The summed E-state index contributed by atoms with van der Waals surface area (Å²) in [7, 11) is 0. The Bertz CT molecular complexity index is 864. The number of nitrogens with zero attached hydrogens (tertiary/aromatic N) is 2. The molecular weight excluding hydrogens is 320 g/mol. The first kappa shape index (κ1) is 18.2. The second kappa shape index (κ2) is 8.63. The fraction of sp³-hybridized carbons (Fsp3) is 0.261. The zero-order chi connectivity index (χ0) is 18.4. The van der Waals surface area contributed by atoms with Gasteiger partial charge in [0.1, 0.15) is 0 Å². The predicted molar refractivity (Wildman–Crippen MR) is 107 cm³/mol. The Hall–Kier alpha value is -2.65. The predicted octanol–water partition coefficient (Wildman–Crippen LogP) is 5.02. The fourth-order valence-corrected chi connectivity index (χ4v) is 3.16. The van der Waals surface area contributed by atoms with E-state index < -0.39 is 0 Å². The minimum Gasteiger partial charge on any atom is -0.378 e. The summed E-state index contributed by atoms with van der Waals surface area (Å²) in [4.78, 5) is 0. The van der Waals surface area contributed by atoms with Crippen molar-refractivity contribution in [2.45, 2.75) is 27.2 Å². The summed E-state index contributed by atoms with van der Waals surface area (Å²) >= 11 is 0. The van der Waals surface area contributed by atoms with Crippen molar-refractivity contribution in [2.24, 2.45) is 0 Å². The van der Waals surface area contributed by atoms with Crippen LogP contribution in [0.2, 0.25) is 0 Å². The van der Waals surface area contributed by atoms with E-state index in [1.165, 1.54) is 16.8 Å². The highest BCUT2D eigenvalue weighted by Crippen LogP contribution is 2.24. The number of rotatable bonds is 7. The highest BCUT2D eigenvalue weighted by atomic mass is 16.5. The van der Waals surface area contributed by atoms with Crippen molar-refractivity contribution < 1.29 is 4.74 Å². The molecule has 1 aromatic heterocycles. The molecule has 0 bridgehead atoms. The SMILES string of the molecule is CCOC/C=C(\c1ccccc1)n1nc(C)c(Cc2ccccc2)c1C. The van der Waals surface area contributed by atoms with Crippen LogP contribution in [0.25, 0.3) is 5.70 Å². The van der Waals surface area contributed by atoms with Gasteiger partial charge in [0, 0.05) is 24.3 Å². The Morgan fingerprint density at radius 3 is 2.31 bits per heavy atom. The van der Waals surface area contributed by atoms with Gasteiger partial charge in [-0.3, -0.25) is 0 Å². The summed E-state index contributed by atoms with van der Waals surface area (Å²) in [6.45, 7) is 7.53. The molecule has 2 aromatic carbocycles. The van der Waals surface area contributed by atoms with E-state index in [-0.39, 0.29) is 0 Å². The van der Waals surface area contributed by atoms with Crippen LogP contribution < -0.4 is 0 Å². The number of benzene rings is 2. The maximum absolute atomic E-state index is 5.56. The molecule has 0 N–H and O–H groups in total. The van der Waals surface area contributed by atoms with Crippen LogP contribution in [0.4, 0.5) is 0 Å². The summed E-state index contributed by atoms with van der Waals surface area (Å²) in [5, 5.41) is 4.85. The smallest absolute Gasteiger partial charge is 0.0704 e. The lowest BCUT2D eigenvalue weighted by Crippen LogP contribution is -2.05. The van der Waals surface area contributed by atoms with Gasteiger partial charge in [0.15, 0.2) is 0 Å². The van der Waals surface area contributed by atoms with Crippen molar-refractivity contribution in [3.05, 3.63) is 94.8 Å². The van der Waals surface area contributed by atoms with E-state index in [2.05, 4.69) is 79.2 Å². The highest BCUT2D eigenvalue weighted by molar-refractivity contribution is 5.66. The minimum atomic E-state index is 0.576. The maximum Gasteiger partial charge on any atom is 0.0704 e. The molecule has 1 heterocycles. The second-order valence-electron chi connectivity index (χ2n) is 6.34. The van der Waals surface area contributed by atoms with Crippen LogP contribution in [-0.2, 0) is 11.2 Å². The molecule has 26 heavy (non-hydrogen) atoms. The molecule has 134 valence electrons. The Morgan fingerprint density at radius 2 is 1.65 bits per heavy atom. The Labute approximate surface area is 155 Å². The zero-order valence-electron chi connectivity index (χ0n) is 15.8. The lowest BCUT2D eigenvalue weighted by molar-refractivity contribution is 0.177. The molecule has 3 nitrogen and oxygen atoms in total. The Balaban J connectivity index is 2.00. The largest absolute Gasteiger partial charge is 0.378 e. The van der Waals surface area contributed by atoms with Crippen molar-refractivity contribution in [3.63, 3.8) is 0 Å². The molecule has 3 heteroatoms. The van der Waals surface area contributed by atoms with Gasteiger partial charge in [-0.25, -0.2) is 4.68 Å². The Kier molecular flexibility index (Phi) is 6.03. The third-order valence-electron chi connectivity index (χ3n) is 4.56. The molecule has 0 fully saturated rings. The molecule has 0 saturated heterocycles. The number of aryl methyl sites for hydroxylation is 1. The molecule has 0 radical (unpaired) electrons. The van der Waals surface area contributed by atoms with Crippen molar-refractivity contribution in [2.75, 3.05) is 13.2 Å². The van der Waals surface area contributed by atoms with Crippen LogP contribution >= 0.6 is 0 Å². The molecule has 0 spiro atoms. The summed E-state index contributed by atoms with van der Waals surface area (Å²) in [5.74, 6) is 0.